The van der Waals surface area contributed by atoms with Crippen LogP contribution >= 0.6 is 0 Å². The Labute approximate surface area is 145 Å². The summed E-state index contributed by atoms with van der Waals surface area (Å²) in [5.41, 5.74) is 3.19. The van der Waals surface area contributed by atoms with Gasteiger partial charge in [-0.05, 0) is 19.4 Å². The van der Waals surface area contributed by atoms with Gasteiger partial charge >= 0.3 is 0 Å². The maximum absolute atomic E-state index is 13.1. The van der Waals surface area contributed by atoms with Crippen LogP contribution in [0.5, 0.6) is 0 Å². The van der Waals surface area contributed by atoms with Crippen molar-refractivity contribution in [3.05, 3.63) is 47.7 Å². The molecule has 6 heteroatoms. The van der Waals surface area contributed by atoms with Gasteiger partial charge in [-0.2, -0.15) is 0 Å². The number of aliphatic hydroxyl groups excluding tert-OH is 1. The van der Waals surface area contributed by atoms with E-state index in [0.29, 0.717) is 41.1 Å². The van der Waals surface area contributed by atoms with Crippen LogP contribution in [0.3, 0.4) is 0 Å². The van der Waals surface area contributed by atoms with Crippen molar-refractivity contribution >= 4 is 17.0 Å². The number of carbonyl (C=O) groups excluding carboxylic acids is 1. The quantitative estimate of drug-likeness (QED) is 0.795. The van der Waals surface area contributed by atoms with Crippen molar-refractivity contribution < 1.29 is 14.4 Å². The molecule has 3 aromatic rings. The average Bonchev–Trinajstić information content (AvgIpc) is 3.28. The first-order valence-electron chi connectivity index (χ1n) is 8.40. The first-order chi connectivity index (χ1) is 12.2. The van der Waals surface area contributed by atoms with E-state index >= 15 is 0 Å². The number of likely N-dealkylation sites (tertiary alicyclic amines) is 1. The number of aryl methyl sites for hydroxylation is 1. The van der Waals surface area contributed by atoms with E-state index in [1.165, 1.54) is 0 Å². The van der Waals surface area contributed by atoms with Crippen molar-refractivity contribution in [2.75, 3.05) is 19.7 Å². The molecule has 6 nitrogen and oxygen atoms in total. The molecule has 0 aliphatic carbocycles. The highest BCUT2D eigenvalue weighted by molar-refractivity contribution is 6.07. The minimum Gasteiger partial charge on any atom is -0.396 e. The van der Waals surface area contributed by atoms with Gasteiger partial charge in [0.15, 0.2) is 0 Å². The first kappa shape index (κ1) is 15.8. The molecule has 1 unspecified atom stereocenters. The second-order valence-electron chi connectivity index (χ2n) is 6.46. The minimum atomic E-state index is -0.0631. The van der Waals surface area contributed by atoms with Gasteiger partial charge in [0.1, 0.15) is 0 Å². The molecular formula is C19H19N3O3. The molecule has 1 aromatic carbocycles. The van der Waals surface area contributed by atoms with Gasteiger partial charge in [-0.15, -0.1) is 0 Å². The molecule has 3 heterocycles. The SMILES string of the molecule is Cc1noc2nc(-c3ccccc3)cc(C(=O)N3CCC(CO)C3)c12. The van der Waals surface area contributed by atoms with Crippen LogP contribution in [0, 0.1) is 12.8 Å². The highest BCUT2D eigenvalue weighted by Crippen LogP contribution is 2.29. The van der Waals surface area contributed by atoms with Crippen LogP contribution in [-0.4, -0.2) is 45.8 Å². The van der Waals surface area contributed by atoms with Gasteiger partial charge in [0, 0.05) is 31.2 Å². The van der Waals surface area contributed by atoms with Crippen molar-refractivity contribution in [2.24, 2.45) is 5.92 Å². The summed E-state index contributed by atoms with van der Waals surface area (Å²) in [5.74, 6) is 0.0882. The minimum absolute atomic E-state index is 0.0631. The van der Waals surface area contributed by atoms with Gasteiger partial charge in [-0.1, -0.05) is 35.5 Å². The average molecular weight is 337 g/mol. The van der Waals surface area contributed by atoms with E-state index in [-0.39, 0.29) is 18.4 Å². The van der Waals surface area contributed by atoms with E-state index in [0.717, 1.165) is 12.0 Å². The third-order valence-corrected chi connectivity index (χ3v) is 4.75. The normalized spacial score (nSPS) is 17.4. The lowest BCUT2D eigenvalue weighted by Crippen LogP contribution is -2.29. The Hall–Kier alpha value is -2.73. The summed E-state index contributed by atoms with van der Waals surface area (Å²) < 4.78 is 5.33. The lowest BCUT2D eigenvalue weighted by Gasteiger charge is -2.17. The molecule has 1 amide bonds. The monoisotopic (exact) mass is 337 g/mol. The van der Waals surface area contributed by atoms with Gasteiger partial charge in [0.05, 0.1) is 22.3 Å². The van der Waals surface area contributed by atoms with Crippen molar-refractivity contribution in [3.8, 4) is 11.3 Å². The predicted molar refractivity (Wildman–Crippen MR) is 93.1 cm³/mol. The molecule has 0 radical (unpaired) electrons. The third-order valence-electron chi connectivity index (χ3n) is 4.75. The molecule has 1 fully saturated rings. The van der Waals surface area contributed by atoms with E-state index < -0.39 is 0 Å². The van der Waals surface area contributed by atoms with Crippen LogP contribution in [-0.2, 0) is 0 Å². The number of hydrogen-bond donors (Lipinski definition) is 1. The summed E-state index contributed by atoms with van der Waals surface area (Å²) in [4.78, 5) is 19.4. The van der Waals surface area contributed by atoms with Gasteiger partial charge in [0.2, 0.25) is 0 Å². The Morgan fingerprint density at radius 1 is 1.36 bits per heavy atom. The summed E-state index contributed by atoms with van der Waals surface area (Å²) in [6.07, 6.45) is 0.824. The van der Waals surface area contributed by atoms with E-state index in [9.17, 15) is 9.90 Å². The van der Waals surface area contributed by atoms with Crippen LogP contribution in [0.1, 0.15) is 22.5 Å². The fraction of sp³-hybridized carbons (Fsp3) is 0.316. The van der Waals surface area contributed by atoms with Crippen LogP contribution < -0.4 is 0 Å². The number of rotatable bonds is 3. The van der Waals surface area contributed by atoms with Crippen LogP contribution in [0.2, 0.25) is 0 Å². The van der Waals surface area contributed by atoms with Gasteiger partial charge < -0.3 is 14.5 Å². The van der Waals surface area contributed by atoms with E-state index in [1.807, 2.05) is 43.3 Å². The fourth-order valence-electron chi connectivity index (χ4n) is 3.36. The lowest BCUT2D eigenvalue weighted by molar-refractivity contribution is 0.0783. The molecule has 1 saturated heterocycles. The second-order valence-corrected chi connectivity index (χ2v) is 6.46. The first-order valence-corrected chi connectivity index (χ1v) is 8.40. The van der Waals surface area contributed by atoms with Gasteiger partial charge in [-0.25, -0.2) is 4.98 Å². The van der Waals surface area contributed by atoms with E-state index in [4.69, 9.17) is 4.52 Å². The summed E-state index contributed by atoms with van der Waals surface area (Å²) in [6.45, 7) is 3.15. The van der Waals surface area contributed by atoms with Gasteiger partial charge in [0.25, 0.3) is 11.6 Å². The Morgan fingerprint density at radius 2 is 2.16 bits per heavy atom. The smallest absolute Gasteiger partial charge is 0.259 e. The topological polar surface area (TPSA) is 79.5 Å². The zero-order valence-corrected chi connectivity index (χ0v) is 14.0. The molecule has 128 valence electrons. The summed E-state index contributed by atoms with van der Waals surface area (Å²) in [5, 5.41) is 14.0. The van der Waals surface area contributed by atoms with Crippen molar-refractivity contribution in [1.82, 2.24) is 15.0 Å². The maximum Gasteiger partial charge on any atom is 0.259 e. The highest BCUT2D eigenvalue weighted by atomic mass is 16.5. The second kappa shape index (κ2) is 6.29. The Bertz CT molecular complexity index is 920. The molecule has 0 bridgehead atoms. The highest BCUT2D eigenvalue weighted by Gasteiger charge is 2.29. The summed E-state index contributed by atoms with van der Waals surface area (Å²) in [6, 6.07) is 11.5. The summed E-state index contributed by atoms with van der Waals surface area (Å²) >= 11 is 0. The lowest BCUT2D eigenvalue weighted by atomic mass is 10.0. The molecule has 1 atom stereocenters. The molecule has 1 aliphatic rings. The number of fused-ring (bicyclic) bond motifs is 1. The number of hydrogen-bond acceptors (Lipinski definition) is 5. The van der Waals surface area contributed by atoms with E-state index in [1.54, 1.807) is 4.90 Å². The van der Waals surface area contributed by atoms with E-state index in [2.05, 4.69) is 10.1 Å². The van der Waals surface area contributed by atoms with Crippen LogP contribution in [0.15, 0.2) is 40.9 Å². The summed E-state index contributed by atoms with van der Waals surface area (Å²) in [7, 11) is 0. The largest absolute Gasteiger partial charge is 0.396 e. The van der Waals surface area contributed by atoms with Crippen LogP contribution in [0.4, 0.5) is 0 Å². The molecular weight excluding hydrogens is 318 g/mol. The predicted octanol–water partition coefficient (Wildman–Crippen LogP) is 2.65. The Morgan fingerprint density at radius 3 is 2.88 bits per heavy atom. The number of pyridine rings is 1. The maximum atomic E-state index is 13.1. The molecule has 4 rings (SSSR count). The number of amides is 1. The Kier molecular flexibility index (Phi) is 3.97. The Balaban J connectivity index is 1.81. The number of benzene rings is 1. The number of aliphatic hydroxyl groups is 1. The molecule has 1 aliphatic heterocycles. The fourth-order valence-corrected chi connectivity index (χ4v) is 3.36. The van der Waals surface area contributed by atoms with Crippen LogP contribution in [0.25, 0.3) is 22.4 Å². The molecule has 0 saturated carbocycles. The number of aromatic nitrogens is 2. The van der Waals surface area contributed by atoms with Crippen molar-refractivity contribution in [2.45, 2.75) is 13.3 Å². The van der Waals surface area contributed by atoms with Crippen molar-refractivity contribution in [1.29, 1.82) is 0 Å². The molecule has 1 N–H and O–H groups in total. The zero-order valence-electron chi connectivity index (χ0n) is 14.0. The molecule has 2 aromatic heterocycles. The molecule has 25 heavy (non-hydrogen) atoms. The molecule has 0 spiro atoms. The van der Waals surface area contributed by atoms with Gasteiger partial charge in [-0.3, -0.25) is 4.79 Å². The number of carbonyl (C=O) groups is 1. The third kappa shape index (κ3) is 2.78. The number of nitrogens with zero attached hydrogens (tertiary/aromatic N) is 3. The van der Waals surface area contributed by atoms with Crippen molar-refractivity contribution in [3.63, 3.8) is 0 Å². The standard InChI is InChI=1S/C19H19N3O3/c1-12-17-15(19(24)22-8-7-13(10-22)11-23)9-16(20-18(17)25-21-12)14-5-3-2-4-6-14/h2-6,9,13,23H,7-8,10-11H2,1H3. The zero-order chi connectivity index (χ0) is 17.4.